The molecule has 3 rings (SSSR count). The normalized spacial score (nSPS) is 14.0. The first-order valence-corrected chi connectivity index (χ1v) is 14.0. The second-order valence-electron chi connectivity index (χ2n) is 7.53. The first kappa shape index (κ1) is 22.4. The Morgan fingerprint density at radius 3 is 2.21 bits per heavy atom. The van der Waals surface area contributed by atoms with Gasteiger partial charge in [-0.15, -0.1) is 34.0 Å². The summed E-state index contributed by atoms with van der Waals surface area (Å²) in [6, 6.07) is 13.0. The zero-order chi connectivity index (χ0) is 21.1. The molecule has 0 saturated carbocycles. The van der Waals surface area contributed by atoms with Crippen molar-refractivity contribution in [2.75, 3.05) is 6.26 Å². The van der Waals surface area contributed by atoms with Gasteiger partial charge < -0.3 is 0 Å². The molecule has 0 aliphatic rings. The molecule has 3 nitrogen and oxygen atoms in total. The minimum absolute atomic E-state index is 0.263. The van der Waals surface area contributed by atoms with Gasteiger partial charge >= 0.3 is 0 Å². The average molecular weight is 467 g/mol. The maximum Gasteiger partial charge on any atom is 0.159 e. The minimum atomic E-state index is -3.39. The van der Waals surface area contributed by atoms with E-state index in [9.17, 15) is 13.2 Å². The topological polar surface area (TPSA) is 51.2 Å². The monoisotopic (exact) mass is 466 g/mol. The highest BCUT2D eigenvalue weighted by Gasteiger charge is 2.39. The lowest BCUT2D eigenvalue weighted by Gasteiger charge is -2.24. The van der Waals surface area contributed by atoms with Crippen LogP contribution in [0.15, 0.2) is 41.8 Å². The van der Waals surface area contributed by atoms with E-state index in [-0.39, 0.29) is 5.78 Å². The van der Waals surface area contributed by atoms with Crippen LogP contribution < -0.4 is 0 Å². The van der Waals surface area contributed by atoms with Gasteiger partial charge in [-0.25, -0.2) is 8.42 Å². The molecular weight excluding hydrogens is 441 g/mol. The number of unbranched alkanes of at least 4 members (excludes halogenated alkanes) is 2. The van der Waals surface area contributed by atoms with Crippen LogP contribution in [0.1, 0.15) is 44.4 Å². The van der Waals surface area contributed by atoms with Crippen LogP contribution in [0.4, 0.5) is 0 Å². The molecule has 0 N–H and O–H groups in total. The summed E-state index contributed by atoms with van der Waals surface area (Å²) < 4.78 is 22.7. The van der Waals surface area contributed by atoms with Gasteiger partial charge in [-0.2, -0.15) is 0 Å². The maximum atomic E-state index is 12.0. The lowest BCUT2D eigenvalue weighted by atomic mass is 9.98. The van der Waals surface area contributed by atoms with Crippen molar-refractivity contribution in [1.82, 2.24) is 0 Å². The summed E-state index contributed by atoms with van der Waals surface area (Å²) in [6.07, 6.45) is 5.23. The van der Waals surface area contributed by atoms with Gasteiger partial charge in [0.25, 0.3) is 0 Å². The molecule has 3 heterocycles. The summed E-state index contributed by atoms with van der Waals surface area (Å²) in [7, 11) is -3.39. The van der Waals surface area contributed by atoms with Gasteiger partial charge in [0, 0.05) is 30.6 Å². The van der Waals surface area contributed by atoms with E-state index in [0.717, 1.165) is 31.9 Å². The summed E-state index contributed by atoms with van der Waals surface area (Å²) in [4.78, 5) is 18.4. The number of sulfone groups is 1. The molecule has 0 fully saturated rings. The fourth-order valence-electron chi connectivity index (χ4n) is 3.23. The number of carbonyl (C=O) groups excluding carboxylic acids is 1. The van der Waals surface area contributed by atoms with E-state index in [1.165, 1.54) is 31.3 Å². The van der Waals surface area contributed by atoms with Gasteiger partial charge in [0.15, 0.2) is 15.6 Å². The van der Waals surface area contributed by atoms with E-state index >= 15 is 0 Å². The van der Waals surface area contributed by atoms with Crippen molar-refractivity contribution in [3.05, 3.63) is 46.7 Å². The second-order valence-corrected chi connectivity index (χ2v) is 13.2. The standard InChI is InChI=1S/C22H26O3S4/c1-16(23)22(2,29(3,24)25)14-6-4-5-8-17-10-11-20(27-17)21-13-12-19(28-21)18-9-7-15-26-18/h7,9-13,15H,4-6,8,14H2,1-3H3. The highest BCUT2D eigenvalue weighted by molar-refractivity contribution is 7.92. The Morgan fingerprint density at radius 2 is 1.59 bits per heavy atom. The molecule has 156 valence electrons. The Balaban J connectivity index is 1.51. The zero-order valence-corrected chi connectivity index (χ0v) is 20.2. The number of rotatable bonds is 10. The largest absolute Gasteiger partial charge is 0.298 e. The van der Waals surface area contributed by atoms with Gasteiger partial charge in [0.1, 0.15) is 4.75 Å². The molecule has 0 saturated heterocycles. The van der Waals surface area contributed by atoms with Crippen molar-refractivity contribution in [1.29, 1.82) is 0 Å². The molecule has 0 bridgehead atoms. The summed E-state index contributed by atoms with van der Waals surface area (Å²) >= 11 is 5.43. The number of hydrogen-bond acceptors (Lipinski definition) is 6. The van der Waals surface area contributed by atoms with E-state index in [4.69, 9.17) is 0 Å². The highest BCUT2D eigenvalue weighted by Crippen LogP contribution is 2.39. The number of Topliss-reactive ketones (excluding diaryl/α,β-unsaturated/α-hetero) is 1. The fraction of sp³-hybridized carbons (Fsp3) is 0.409. The van der Waals surface area contributed by atoms with Crippen LogP contribution in [0, 0.1) is 0 Å². The first-order valence-electron chi connectivity index (χ1n) is 9.64. The molecule has 7 heteroatoms. The summed E-state index contributed by atoms with van der Waals surface area (Å²) in [5, 5.41) is 2.10. The van der Waals surface area contributed by atoms with Gasteiger partial charge in [0.2, 0.25) is 0 Å². The predicted molar refractivity (Wildman–Crippen MR) is 127 cm³/mol. The van der Waals surface area contributed by atoms with Crippen LogP contribution in [0.2, 0.25) is 0 Å². The molecule has 0 aliphatic carbocycles. The average Bonchev–Trinajstić information content (AvgIpc) is 3.39. The van der Waals surface area contributed by atoms with Crippen LogP contribution in [0.3, 0.4) is 0 Å². The Hall–Kier alpha value is -1.28. The molecule has 3 aromatic heterocycles. The smallest absolute Gasteiger partial charge is 0.159 e. The summed E-state index contributed by atoms with van der Waals surface area (Å²) in [5.41, 5.74) is 0. The highest BCUT2D eigenvalue weighted by atomic mass is 32.2. The van der Waals surface area contributed by atoms with E-state index in [1.807, 2.05) is 22.7 Å². The Kier molecular flexibility index (Phi) is 7.14. The minimum Gasteiger partial charge on any atom is -0.298 e. The van der Waals surface area contributed by atoms with Gasteiger partial charge in [0.05, 0.1) is 0 Å². The van der Waals surface area contributed by atoms with Crippen LogP contribution in [-0.4, -0.2) is 25.2 Å². The van der Waals surface area contributed by atoms with Crippen LogP contribution in [0.5, 0.6) is 0 Å². The van der Waals surface area contributed by atoms with Crippen molar-refractivity contribution in [2.45, 2.75) is 50.7 Å². The van der Waals surface area contributed by atoms with Gasteiger partial charge in [-0.3, -0.25) is 4.79 Å². The molecular formula is C22H26O3S4. The van der Waals surface area contributed by atoms with E-state index in [0.29, 0.717) is 6.42 Å². The van der Waals surface area contributed by atoms with Crippen LogP contribution in [-0.2, 0) is 21.1 Å². The third kappa shape index (κ3) is 5.26. The number of thiophene rings is 3. The lowest BCUT2D eigenvalue weighted by Crippen LogP contribution is -2.41. The van der Waals surface area contributed by atoms with Crippen LogP contribution >= 0.6 is 34.0 Å². The fourth-order valence-corrected chi connectivity index (χ4v) is 7.24. The molecule has 3 aromatic rings. The van der Waals surface area contributed by atoms with Crippen LogP contribution in [0.25, 0.3) is 19.5 Å². The molecule has 1 unspecified atom stereocenters. The predicted octanol–water partition coefficient (Wildman–Crippen LogP) is 6.70. The number of hydrogen-bond donors (Lipinski definition) is 0. The molecule has 0 spiro atoms. The summed E-state index contributed by atoms with van der Waals surface area (Å²) in [5.74, 6) is -0.263. The molecule has 1 atom stereocenters. The zero-order valence-electron chi connectivity index (χ0n) is 16.9. The van der Waals surface area contributed by atoms with Crippen molar-refractivity contribution in [3.63, 3.8) is 0 Å². The van der Waals surface area contributed by atoms with Crippen molar-refractivity contribution < 1.29 is 13.2 Å². The lowest BCUT2D eigenvalue weighted by molar-refractivity contribution is -0.119. The van der Waals surface area contributed by atoms with Crippen molar-refractivity contribution in [2.24, 2.45) is 0 Å². The molecule has 0 amide bonds. The number of aryl methyl sites for hydroxylation is 1. The number of ketones is 1. The maximum absolute atomic E-state index is 12.0. The quantitative estimate of drug-likeness (QED) is 0.312. The third-order valence-corrected chi connectivity index (χ3v) is 11.0. The molecule has 29 heavy (non-hydrogen) atoms. The summed E-state index contributed by atoms with van der Waals surface area (Å²) in [6.45, 7) is 2.93. The van der Waals surface area contributed by atoms with E-state index < -0.39 is 14.6 Å². The SMILES string of the molecule is CC(=O)C(C)(CCCCCc1ccc(-c2ccc(-c3cccs3)s2)s1)S(C)(=O)=O. The van der Waals surface area contributed by atoms with Gasteiger partial charge in [-0.1, -0.05) is 18.9 Å². The van der Waals surface area contributed by atoms with Crippen molar-refractivity contribution in [3.8, 4) is 19.5 Å². The van der Waals surface area contributed by atoms with Crippen molar-refractivity contribution >= 4 is 49.6 Å². The molecule has 0 aliphatic heterocycles. The molecule has 0 radical (unpaired) electrons. The Morgan fingerprint density at radius 1 is 0.931 bits per heavy atom. The molecule has 0 aromatic carbocycles. The Labute approximate surface area is 185 Å². The van der Waals surface area contributed by atoms with E-state index in [2.05, 4.69) is 41.8 Å². The van der Waals surface area contributed by atoms with Gasteiger partial charge in [-0.05, 0) is 68.8 Å². The first-order chi connectivity index (χ1) is 13.7. The second kappa shape index (κ2) is 9.25. The third-order valence-electron chi connectivity index (χ3n) is 5.41. The number of carbonyl (C=O) groups is 1. The Bertz CT molecular complexity index is 1060. The van der Waals surface area contributed by atoms with E-state index in [1.54, 1.807) is 18.3 Å².